The van der Waals surface area contributed by atoms with Crippen molar-refractivity contribution in [2.45, 2.75) is 11.1 Å². The van der Waals surface area contributed by atoms with Crippen molar-refractivity contribution in [1.82, 2.24) is 20.6 Å². The maximum Gasteiger partial charge on any atom is 0.434 e. The van der Waals surface area contributed by atoms with E-state index in [0.29, 0.717) is 11.9 Å². The van der Waals surface area contributed by atoms with Crippen LogP contribution in [0.1, 0.15) is 16.1 Å². The van der Waals surface area contributed by atoms with E-state index in [1.807, 2.05) is 4.72 Å². The van der Waals surface area contributed by atoms with E-state index in [2.05, 4.69) is 20.6 Å². The van der Waals surface area contributed by atoms with E-state index in [4.69, 9.17) is 28.8 Å². The number of anilines is 1. The summed E-state index contributed by atoms with van der Waals surface area (Å²) in [6, 6.07) is 5.03. The summed E-state index contributed by atoms with van der Waals surface area (Å²) in [6.45, 7) is -0.318. The van der Waals surface area contributed by atoms with Gasteiger partial charge in [0.05, 0.1) is 57.2 Å². The minimum atomic E-state index is -5.11. The van der Waals surface area contributed by atoms with Crippen molar-refractivity contribution in [2.24, 2.45) is 0 Å². The lowest BCUT2D eigenvalue weighted by Gasteiger charge is -2.14. The first-order chi connectivity index (χ1) is 21.3. The Kier molecular flexibility index (Phi) is 15.4. The predicted molar refractivity (Wildman–Crippen MR) is 147 cm³/mol. The second kappa shape index (κ2) is 18.6. The van der Waals surface area contributed by atoms with Crippen LogP contribution in [0.3, 0.4) is 0 Å². The van der Waals surface area contributed by atoms with E-state index in [0.717, 1.165) is 0 Å². The molecule has 0 bridgehead atoms. The van der Waals surface area contributed by atoms with Gasteiger partial charge in [-0.15, -0.1) is 0 Å². The van der Waals surface area contributed by atoms with Crippen LogP contribution in [-0.2, 0) is 44.7 Å². The van der Waals surface area contributed by atoms with Crippen molar-refractivity contribution in [2.75, 3.05) is 77.8 Å². The largest absolute Gasteiger partial charge is 0.497 e. The highest BCUT2D eigenvalue weighted by Gasteiger charge is 2.38. The van der Waals surface area contributed by atoms with Gasteiger partial charge in [0.1, 0.15) is 19.0 Å². The van der Waals surface area contributed by atoms with Gasteiger partial charge < -0.3 is 39.4 Å². The lowest BCUT2D eigenvalue weighted by molar-refractivity contribution is -0.143. The number of carboxylic acid groups (broad SMARTS) is 1. The molecule has 0 fully saturated rings. The number of carbonyl (C=O) groups excluding carboxylic acids is 2. The van der Waals surface area contributed by atoms with Gasteiger partial charge in [0.2, 0.25) is 11.9 Å². The summed E-state index contributed by atoms with van der Waals surface area (Å²) in [5.41, 5.74) is -2.58. The number of halogens is 3. The summed E-state index contributed by atoms with van der Waals surface area (Å²) in [5, 5.41) is 13.2. The number of ether oxygens (including phenoxy) is 5. The van der Waals surface area contributed by atoms with Gasteiger partial charge in [0.25, 0.3) is 15.9 Å². The van der Waals surface area contributed by atoms with Crippen LogP contribution in [0.5, 0.6) is 5.75 Å². The van der Waals surface area contributed by atoms with Crippen LogP contribution >= 0.6 is 0 Å². The van der Waals surface area contributed by atoms with Gasteiger partial charge in [-0.1, -0.05) is 0 Å². The SMILES string of the molecule is COc1ccc(S(=O)(=O)Nc2ncc(C(=O)NCCOCCOCC(=O)NCCOCCOCC(=O)O)c(C(F)(F)F)n2)cc1. The molecular weight excluding hydrogens is 635 g/mol. The standard InChI is InChI=1S/C25H32F3N5O11S/c1-40-17-2-4-18(5-3-17)45(38,39)33-24-31-14-19(22(32-24)25(26,27)28)23(37)30-7-9-42-10-12-43-15-20(34)29-6-8-41-11-13-44-16-21(35)36/h2-5,14H,6-13,15-16H2,1H3,(H,29,34)(H,30,37)(H,35,36)(H,31,32,33). The quantitative estimate of drug-likeness (QED) is 0.132. The molecule has 0 atom stereocenters. The second-order valence-electron chi connectivity index (χ2n) is 8.56. The highest BCUT2D eigenvalue weighted by molar-refractivity contribution is 7.92. The number of alkyl halides is 3. The van der Waals surface area contributed by atoms with Crippen LogP contribution in [-0.4, -0.2) is 114 Å². The predicted octanol–water partition coefficient (Wildman–Crippen LogP) is 0.302. The van der Waals surface area contributed by atoms with Crippen LogP contribution < -0.4 is 20.1 Å². The fourth-order valence-electron chi connectivity index (χ4n) is 3.16. The van der Waals surface area contributed by atoms with E-state index < -0.39 is 57.8 Å². The van der Waals surface area contributed by atoms with E-state index in [9.17, 15) is 36.0 Å². The van der Waals surface area contributed by atoms with Crippen LogP contribution in [0.4, 0.5) is 19.1 Å². The number of hydrogen-bond donors (Lipinski definition) is 4. The first-order valence-corrected chi connectivity index (χ1v) is 14.5. The fraction of sp³-hybridized carbons (Fsp3) is 0.480. The van der Waals surface area contributed by atoms with Crippen molar-refractivity contribution in [1.29, 1.82) is 0 Å². The number of nitrogens with zero attached hydrogens (tertiary/aromatic N) is 2. The third-order valence-corrected chi connectivity index (χ3v) is 6.54. The number of aromatic nitrogens is 2. The van der Waals surface area contributed by atoms with Gasteiger partial charge in [-0.25, -0.2) is 27.9 Å². The Morgan fingerprint density at radius 3 is 2.02 bits per heavy atom. The van der Waals surface area contributed by atoms with Crippen molar-refractivity contribution >= 4 is 33.8 Å². The number of carboxylic acids is 1. The smallest absolute Gasteiger partial charge is 0.434 e. The summed E-state index contributed by atoms with van der Waals surface area (Å²) in [4.78, 5) is 40.8. The van der Waals surface area contributed by atoms with Gasteiger partial charge in [-0.05, 0) is 24.3 Å². The summed E-state index contributed by atoms with van der Waals surface area (Å²) < 4.78 is 93.1. The zero-order valence-electron chi connectivity index (χ0n) is 23.9. The fourth-order valence-corrected chi connectivity index (χ4v) is 4.11. The Bertz CT molecular complexity index is 1360. The van der Waals surface area contributed by atoms with Gasteiger partial charge in [-0.2, -0.15) is 13.2 Å². The maximum absolute atomic E-state index is 13.7. The number of sulfonamides is 1. The lowest BCUT2D eigenvalue weighted by Crippen LogP contribution is -2.32. The molecule has 1 heterocycles. The number of methoxy groups -OCH3 is 1. The monoisotopic (exact) mass is 667 g/mol. The maximum atomic E-state index is 13.7. The average Bonchev–Trinajstić information content (AvgIpc) is 2.98. The highest BCUT2D eigenvalue weighted by atomic mass is 32.2. The van der Waals surface area contributed by atoms with Crippen LogP contribution in [0, 0.1) is 0 Å². The van der Waals surface area contributed by atoms with E-state index >= 15 is 0 Å². The molecule has 45 heavy (non-hydrogen) atoms. The molecule has 2 amide bonds. The molecular formula is C25H32F3N5O11S. The first-order valence-electron chi connectivity index (χ1n) is 13.0. The molecule has 0 spiro atoms. The highest BCUT2D eigenvalue weighted by Crippen LogP contribution is 2.31. The molecule has 2 aromatic rings. The third-order valence-electron chi connectivity index (χ3n) is 5.20. The van der Waals surface area contributed by atoms with E-state index in [1.165, 1.54) is 31.4 Å². The molecule has 0 aliphatic carbocycles. The Balaban J connectivity index is 1.70. The molecule has 2 rings (SSSR count). The van der Waals surface area contributed by atoms with Crippen molar-refractivity contribution < 1.29 is 64.8 Å². The first kappa shape index (κ1) is 37.1. The molecule has 0 unspecified atom stereocenters. The number of rotatable bonds is 21. The third kappa shape index (κ3) is 14.0. The van der Waals surface area contributed by atoms with Crippen molar-refractivity contribution in [3.63, 3.8) is 0 Å². The molecule has 0 radical (unpaired) electrons. The van der Waals surface area contributed by atoms with E-state index in [1.54, 1.807) is 0 Å². The Morgan fingerprint density at radius 1 is 0.867 bits per heavy atom. The minimum Gasteiger partial charge on any atom is -0.497 e. The van der Waals surface area contributed by atoms with Crippen LogP contribution in [0.25, 0.3) is 0 Å². The van der Waals surface area contributed by atoms with Gasteiger partial charge in [-0.3, -0.25) is 9.59 Å². The molecule has 0 aliphatic heterocycles. The molecule has 1 aromatic heterocycles. The number of hydrogen-bond acceptors (Lipinski definition) is 12. The summed E-state index contributed by atoms with van der Waals surface area (Å²) >= 11 is 0. The molecule has 0 aliphatic rings. The number of carbonyl (C=O) groups is 3. The molecule has 4 N–H and O–H groups in total. The second-order valence-corrected chi connectivity index (χ2v) is 10.2. The Hall–Kier alpha value is -4.11. The number of benzene rings is 1. The number of nitrogens with one attached hydrogen (secondary N) is 3. The Morgan fingerprint density at radius 2 is 1.44 bits per heavy atom. The number of aliphatic carboxylic acids is 1. The van der Waals surface area contributed by atoms with Crippen LogP contribution in [0.2, 0.25) is 0 Å². The molecule has 250 valence electrons. The Labute approximate surface area is 255 Å². The molecule has 0 saturated heterocycles. The topological polar surface area (TPSA) is 214 Å². The van der Waals surface area contributed by atoms with Crippen molar-refractivity contribution in [3.8, 4) is 5.75 Å². The summed E-state index contributed by atoms with van der Waals surface area (Å²) in [5.74, 6) is -3.20. The minimum absolute atomic E-state index is 0.0126. The van der Waals surface area contributed by atoms with Crippen molar-refractivity contribution in [3.05, 3.63) is 41.7 Å². The van der Waals surface area contributed by atoms with Gasteiger partial charge >= 0.3 is 12.1 Å². The molecule has 20 heteroatoms. The van der Waals surface area contributed by atoms with Gasteiger partial charge in [0.15, 0.2) is 5.69 Å². The molecule has 0 saturated carbocycles. The average molecular weight is 668 g/mol. The molecule has 16 nitrogen and oxygen atoms in total. The summed E-state index contributed by atoms with van der Waals surface area (Å²) in [7, 11) is -2.98. The number of amides is 2. The van der Waals surface area contributed by atoms with E-state index in [-0.39, 0.29) is 64.2 Å². The van der Waals surface area contributed by atoms with Crippen LogP contribution in [0.15, 0.2) is 35.4 Å². The molecule has 1 aromatic carbocycles. The zero-order valence-corrected chi connectivity index (χ0v) is 24.7. The van der Waals surface area contributed by atoms with Gasteiger partial charge in [0, 0.05) is 19.3 Å². The normalized spacial score (nSPS) is 11.6. The lowest BCUT2D eigenvalue weighted by atomic mass is 10.2. The zero-order chi connectivity index (χ0) is 33.3. The summed E-state index contributed by atoms with van der Waals surface area (Å²) in [6.07, 6.45) is -4.55.